The van der Waals surface area contributed by atoms with Gasteiger partial charge in [0, 0.05) is 125 Å². The Morgan fingerprint density at radius 1 is 0.886 bits per heavy atom. The third kappa shape index (κ3) is 5.98. The number of carbonyl (C=O) groups is 4. The minimum absolute atomic E-state index is 0. The van der Waals surface area contributed by atoms with Crippen LogP contribution in [0.3, 0.4) is 0 Å². The van der Waals surface area contributed by atoms with Gasteiger partial charge in [-0.25, -0.2) is 4.79 Å². The largest absolute Gasteiger partial charge is 0.645 e. The van der Waals surface area contributed by atoms with Gasteiger partial charge >= 0.3 is 5.97 Å². The predicted molar refractivity (Wildman–Crippen MR) is 107 cm³/mol. The van der Waals surface area contributed by atoms with Gasteiger partial charge in [-0.15, -0.1) is 0 Å². The van der Waals surface area contributed by atoms with Gasteiger partial charge in [0.05, 0.1) is 17.9 Å². The molecule has 1 saturated carbocycles. The molecule has 0 bridgehead atoms. The molecule has 5 rings (SSSR count). The molecule has 2 N–H and O–H groups in total. The Kier molecular flexibility index (Phi) is 13.3. The number of ketones is 1. The van der Waals surface area contributed by atoms with Crippen LogP contribution in [-0.4, -0.2) is 57.1 Å². The number of fused-ring (bicyclic) bond motifs is 1. The first-order chi connectivity index (χ1) is 14.4. The van der Waals surface area contributed by atoms with Crippen LogP contribution in [0.2, 0.25) is 0 Å². The zero-order chi connectivity index (χ0) is 22.9. The molecule has 2 unspecified atom stereocenters. The predicted octanol–water partition coefficient (Wildman–Crippen LogP) is 1.28. The first kappa shape index (κ1) is 36.1. The zero-order valence-corrected chi connectivity index (χ0v) is 31.4. The number of ether oxygens (including phenoxy) is 1. The van der Waals surface area contributed by atoms with Gasteiger partial charge in [0.25, 0.3) is 0 Å². The summed E-state index contributed by atoms with van der Waals surface area (Å²) < 4.78 is 5.11. The molecule has 9 nitrogen and oxygen atoms in total. The average Bonchev–Trinajstić information content (AvgIpc) is 3.05. The maximum atomic E-state index is 11.5. The maximum Gasteiger partial charge on any atom is 0.336 e. The van der Waals surface area contributed by atoms with Crippen molar-refractivity contribution in [3.63, 3.8) is 0 Å². The van der Waals surface area contributed by atoms with Crippen LogP contribution in [0.25, 0.3) is 10.6 Å². The molecule has 0 aromatic rings. The fourth-order valence-corrected chi connectivity index (χ4v) is 5.28. The van der Waals surface area contributed by atoms with Crippen molar-refractivity contribution in [3.05, 3.63) is 34.1 Å². The second-order valence-corrected chi connectivity index (χ2v) is 9.32. The van der Waals surface area contributed by atoms with Crippen LogP contribution in [0.15, 0.2) is 23.5 Å². The Hall–Kier alpha value is 1.06. The molecule has 5 aliphatic rings. The van der Waals surface area contributed by atoms with Crippen LogP contribution < -0.4 is 0 Å². The third-order valence-corrected chi connectivity index (χ3v) is 7.80. The van der Waals surface area contributed by atoms with E-state index >= 15 is 0 Å². The van der Waals surface area contributed by atoms with E-state index in [0.717, 1.165) is 5.57 Å². The monoisotopic (exact) mass is 976 g/mol. The van der Waals surface area contributed by atoms with Crippen molar-refractivity contribution in [2.75, 3.05) is 0 Å². The first-order valence-corrected chi connectivity index (χ1v) is 10.5. The van der Waals surface area contributed by atoms with Gasteiger partial charge in [0.1, 0.15) is 11.9 Å². The minimum Gasteiger partial charge on any atom is -0.645 e. The summed E-state index contributed by atoms with van der Waals surface area (Å²) in [6.45, 7) is 7.60. The molecule has 2 spiro atoms. The van der Waals surface area contributed by atoms with E-state index in [9.17, 15) is 29.4 Å². The summed E-state index contributed by atoms with van der Waals surface area (Å²) in [6.07, 6.45) is 1.30. The molecule has 2 saturated heterocycles. The van der Waals surface area contributed by atoms with Crippen LogP contribution in [0.1, 0.15) is 40.5 Å². The number of aliphatic hydroxyl groups excluding tert-OH is 2. The van der Waals surface area contributed by atoms with E-state index in [1.54, 1.807) is 19.9 Å². The van der Waals surface area contributed by atoms with Gasteiger partial charge in [0.2, 0.25) is 0 Å². The summed E-state index contributed by atoms with van der Waals surface area (Å²) in [7, 11) is 0. The minimum atomic E-state index is -1.41. The van der Waals surface area contributed by atoms with Crippen molar-refractivity contribution in [3.8, 4) is 0 Å². The van der Waals surface area contributed by atoms with E-state index in [2.05, 4.69) is 17.6 Å². The number of allylic oxidation sites excluding steroid dienone is 1. The fourth-order valence-electron chi connectivity index (χ4n) is 5.28. The van der Waals surface area contributed by atoms with Crippen molar-refractivity contribution in [2.24, 2.45) is 23.7 Å². The van der Waals surface area contributed by atoms with Crippen molar-refractivity contribution < 1.29 is 142 Å². The number of β-lactam (4-membered cyclic amide) rings is 2. The van der Waals surface area contributed by atoms with E-state index in [0.29, 0.717) is 12.2 Å². The summed E-state index contributed by atoms with van der Waals surface area (Å²) in [6, 6.07) is 0. The topological polar surface area (TPSA) is 146 Å². The Morgan fingerprint density at radius 2 is 1.40 bits per heavy atom. The number of hydrogen-bond donors (Lipinski definition) is 2. The molecular formula is C22H26N2O7W2Y2-2. The number of carbonyl (C=O) groups excluding carboxylic acids is 4. The van der Waals surface area contributed by atoms with Gasteiger partial charge in [-0.2, -0.15) is 0 Å². The Bertz CT molecular complexity index is 922. The smallest absolute Gasteiger partial charge is 0.336 e. The van der Waals surface area contributed by atoms with Gasteiger partial charge in [-0.3, -0.25) is 4.79 Å². The Labute approximate surface area is 283 Å². The van der Waals surface area contributed by atoms with Crippen molar-refractivity contribution >= 4 is 23.6 Å². The SMILES string of the molecule is C[C@@H]1C(=O)[C@@H](O)[C@@H](O)C2(CC(=O)[N-]2)[C@@H]1C.C[C@@H]1C2=CC(=O)OC2=CC2(CC(=O)[N-]2)[C@@H]1C.[W].[W].[Y].[Y]. The Balaban J connectivity index is 0.000000594. The summed E-state index contributed by atoms with van der Waals surface area (Å²) >= 11 is 0. The fraction of sp³-hybridized carbons (Fsp3) is 0.636. The van der Waals surface area contributed by atoms with Crippen LogP contribution in [0.5, 0.6) is 0 Å². The number of Topliss-reactive ketones (excluding diaryl/α,β-unsaturated/α-hetero) is 1. The van der Waals surface area contributed by atoms with E-state index in [1.165, 1.54) is 0 Å². The Morgan fingerprint density at radius 3 is 1.89 bits per heavy atom. The second-order valence-electron chi connectivity index (χ2n) is 9.32. The van der Waals surface area contributed by atoms with E-state index < -0.39 is 23.3 Å². The molecule has 8 atom stereocenters. The quantitative estimate of drug-likeness (QED) is 0.275. The normalized spacial score (nSPS) is 40.1. The van der Waals surface area contributed by atoms with Crippen LogP contribution in [0, 0.1) is 23.7 Å². The van der Waals surface area contributed by atoms with E-state index in [-0.39, 0.29) is 161 Å². The van der Waals surface area contributed by atoms with Gasteiger partial charge in [-0.05, 0) is 30.6 Å². The molecule has 13 heteroatoms. The van der Waals surface area contributed by atoms with E-state index in [1.807, 2.05) is 13.0 Å². The zero-order valence-electron chi connectivity index (χ0n) is 19.8. The number of hydrogen-bond acceptors (Lipinski definition) is 7. The van der Waals surface area contributed by atoms with Crippen LogP contribution in [0.4, 0.5) is 0 Å². The van der Waals surface area contributed by atoms with Gasteiger partial charge < -0.3 is 35.2 Å². The van der Waals surface area contributed by atoms with Gasteiger partial charge in [0.15, 0.2) is 5.78 Å². The van der Waals surface area contributed by atoms with Crippen molar-refractivity contribution in [1.29, 1.82) is 0 Å². The van der Waals surface area contributed by atoms with Crippen LogP contribution in [-0.2, 0) is 131 Å². The second kappa shape index (κ2) is 12.9. The summed E-state index contributed by atoms with van der Waals surface area (Å²) in [5, 5.41) is 27.3. The third-order valence-electron chi connectivity index (χ3n) is 7.80. The maximum absolute atomic E-state index is 11.5. The van der Waals surface area contributed by atoms with Gasteiger partial charge in [-0.1, -0.05) is 44.8 Å². The molecule has 0 aromatic heterocycles. The number of nitrogens with zero attached hydrogens (tertiary/aromatic N) is 2. The van der Waals surface area contributed by atoms with Crippen molar-refractivity contribution in [1.82, 2.24) is 0 Å². The average molecular weight is 976 g/mol. The molecule has 186 valence electrons. The summed E-state index contributed by atoms with van der Waals surface area (Å²) in [5.41, 5.74) is -0.407. The number of esters is 1. The number of rotatable bonds is 0. The molecule has 2 amide bonds. The molecule has 2 radical (unpaired) electrons. The molecule has 0 aromatic carbocycles. The summed E-state index contributed by atoms with van der Waals surface area (Å²) in [4.78, 5) is 44.7. The molecular weight excluding hydrogens is 950 g/mol. The molecule has 3 heterocycles. The summed E-state index contributed by atoms with van der Waals surface area (Å²) in [5.74, 6) is -0.563. The van der Waals surface area contributed by atoms with Crippen LogP contribution >= 0.6 is 0 Å². The molecule has 35 heavy (non-hydrogen) atoms. The molecule has 3 aliphatic heterocycles. The van der Waals surface area contributed by atoms with Crippen molar-refractivity contribution in [2.45, 2.75) is 63.8 Å². The first-order valence-electron chi connectivity index (χ1n) is 10.5. The molecule has 2 aliphatic carbocycles. The standard InChI is InChI=1S/C12H13NO3.C10H15NO4.2W.2Y/c1-6-7(2)12(5-10(14)13-12)4-9-8(6)3-11(15)16-9;1-4-5(2)10(3-6(12)11-10)9(15)8(14)7(4)13;;;;/h3-4,6-7H,5H2,1-2H3,(H,13,14);4-5,8-9,14-15H,3H2,1-2H3,(H,11,12);;;;/p-2/t6-,7+,12?;4-,5+,8+,9+,10?;;;;/m00..../s1. The number of aliphatic hydroxyl groups is 2. The molecule has 3 fully saturated rings. The number of amides is 2. The van der Waals surface area contributed by atoms with E-state index in [4.69, 9.17) is 4.74 Å².